The summed E-state index contributed by atoms with van der Waals surface area (Å²) in [6.07, 6.45) is 0. The predicted octanol–water partition coefficient (Wildman–Crippen LogP) is 5.16. The van der Waals surface area contributed by atoms with Crippen LogP contribution in [0.25, 0.3) is 5.76 Å². The lowest BCUT2D eigenvalue weighted by Crippen LogP contribution is -2.29. The van der Waals surface area contributed by atoms with Crippen LogP contribution in [0.5, 0.6) is 17.2 Å². The van der Waals surface area contributed by atoms with Crippen molar-refractivity contribution in [2.45, 2.75) is 32.7 Å². The SMILES string of the molecule is COc1cc(C)c(/C(O)=C2\C(=O)C(=O)N(c3ccccc3O)C2c2ccc(O)cc2)cc1C(C)C. The number of amides is 1. The number of methoxy groups -OCH3 is 1. The minimum Gasteiger partial charge on any atom is -0.508 e. The number of aliphatic hydroxyl groups is 1. The van der Waals surface area contributed by atoms with Crippen molar-refractivity contribution in [3.63, 3.8) is 0 Å². The highest BCUT2D eigenvalue weighted by molar-refractivity contribution is 6.52. The number of anilines is 1. The number of hydrogen-bond acceptors (Lipinski definition) is 6. The highest BCUT2D eigenvalue weighted by Gasteiger charge is 2.47. The van der Waals surface area contributed by atoms with Crippen LogP contribution in [0.3, 0.4) is 0 Å². The number of phenols is 2. The summed E-state index contributed by atoms with van der Waals surface area (Å²) < 4.78 is 5.50. The molecule has 7 heteroatoms. The number of hydrogen-bond donors (Lipinski definition) is 3. The number of aliphatic hydroxyl groups excluding tert-OH is 1. The maximum Gasteiger partial charge on any atom is 0.300 e. The number of benzene rings is 3. The quantitative estimate of drug-likeness (QED) is 0.268. The van der Waals surface area contributed by atoms with E-state index in [1.165, 1.54) is 29.2 Å². The lowest BCUT2D eigenvalue weighted by molar-refractivity contribution is -0.132. The fourth-order valence-corrected chi connectivity index (χ4v) is 4.45. The first-order valence-electron chi connectivity index (χ1n) is 11.2. The van der Waals surface area contributed by atoms with E-state index in [0.29, 0.717) is 22.4 Å². The summed E-state index contributed by atoms with van der Waals surface area (Å²) in [6, 6.07) is 14.8. The van der Waals surface area contributed by atoms with Crippen molar-refractivity contribution in [2.24, 2.45) is 0 Å². The molecule has 0 saturated carbocycles. The fourth-order valence-electron chi connectivity index (χ4n) is 4.45. The molecule has 3 N–H and O–H groups in total. The molecular formula is C28H27NO6. The normalized spacial score (nSPS) is 17.3. The summed E-state index contributed by atoms with van der Waals surface area (Å²) >= 11 is 0. The van der Waals surface area contributed by atoms with Gasteiger partial charge in [-0.2, -0.15) is 0 Å². The van der Waals surface area contributed by atoms with Crippen molar-refractivity contribution in [3.05, 3.63) is 88.5 Å². The van der Waals surface area contributed by atoms with Crippen LogP contribution in [-0.4, -0.2) is 34.1 Å². The third kappa shape index (κ3) is 4.10. The van der Waals surface area contributed by atoms with Crippen LogP contribution in [0.1, 0.15) is 48.1 Å². The molecule has 4 rings (SSSR count). The molecule has 35 heavy (non-hydrogen) atoms. The molecule has 7 nitrogen and oxygen atoms in total. The van der Waals surface area contributed by atoms with Crippen LogP contribution in [0.15, 0.2) is 66.2 Å². The Kier molecular flexibility index (Phi) is 6.26. The smallest absolute Gasteiger partial charge is 0.300 e. The van der Waals surface area contributed by atoms with Crippen molar-refractivity contribution in [1.29, 1.82) is 0 Å². The molecule has 1 atom stereocenters. The highest BCUT2D eigenvalue weighted by atomic mass is 16.5. The number of carbonyl (C=O) groups excluding carboxylic acids is 2. The number of aryl methyl sites for hydroxylation is 1. The van der Waals surface area contributed by atoms with E-state index in [4.69, 9.17) is 4.74 Å². The molecule has 1 saturated heterocycles. The fraction of sp³-hybridized carbons (Fsp3) is 0.214. The molecule has 3 aromatic rings. The lowest BCUT2D eigenvalue weighted by atomic mass is 9.91. The van der Waals surface area contributed by atoms with Gasteiger partial charge in [0.1, 0.15) is 23.0 Å². The number of ether oxygens (including phenoxy) is 1. The van der Waals surface area contributed by atoms with Crippen molar-refractivity contribution in [3.8, 4) is 17.2 Å². The van der Waals surface area contributed by atoms with Gasteiger partial charge in [0.15, 0.2) is 0 Å². The summed E-state index contributed by atoms with van der Waals surface area (Å²) in [4.78, 5) is 27.8. The van der Waals surface area contributed by atoms with Crippen LogP contribution >= 0.6 is 0 Å². The molecule has 0 spiro atoms. The van der Waals surface area contributed by atoms with Gasteiger partial charge in [-0.15, -0.1) is 0 Å². The van der Waals surface area contributed by atoms with Crippen LogP contribution in [-0.2, 0) is 9.59 Å². The minimum absolute atomic E-state index is 0.0147. The van der Waals surface area contributed by atoms with Gasteiger partial charge >= 0.3 is 0 Å². The number of aromatic hydroxyl groups is 2. The number of carbonyl (C=O) groups is 2. The van der Waals surface area contributed by atoms with Gasteiger partial charge in [-0.3, -0.25) is 14.5 Å². The molecule has 0 radical (unpaired) electrons. The number of phenolic OH excluding ortho intramolecular Hbond substituents is 2. The van der Waals surface area contributed by atoms with Gasteiger partial charge in [0, 0.05) is 5.56 Å². The van der Waals surface area contributed by atoms with E-state index in [1.807, 2.05) is 13.8 Å². The zero-order valence-electron chi connectivity index (χ0n) is 19.9. The average molecular weight is 474 g/mol. The zero-order valence-corrected chi connectivity index (χ0v) is 19.9. The Balaban J connectivity index is 2.00. The van der Waals surface area contributed by atoms with E-state index in [0.717, 1.165) is 5.56 Å². The Morgan fingerprint density at radius 3 is 2.26 bits per heavy atom. The number of rotatable bonds is 5. The van der Waals surface area contributed by atoms with Gasteiger partial charge in [0.25, 0.3) is 11.7 Å². The maximum atomic E-state index is 13.4. The second kappa shape index (κ2) is 9.18. The first kappa shape index (κ1) is 23.9. The van der Waals surface area contributed by atoms with E-state index in [9.17, 15) is 24.9 Å². The molecule has 1 unspecified atom stereocenters. The van der Waals surface area contributed by atoms with Crippen LogP contribution in [0.2, 0.25) is 0 Å². The molecular weight excluding hydrogens is 446 g/mol. The number of ketones is 1. The van der Waals surface area contributed by atoms with Gasteiger partial charge in [0.05, 0.1) is 24.4 Å². The molecule has 0 bridgehead atoms. The van der Waals surface area contributed by atoms with Crippen molar-refractivity contribution in [2.75, 3.05) is 12.0 Å². The molecule has 3 aromatic carbocycles. The summed E-state index contributed by atoms with van der Waals surface area (Å²) in [5.41, 5.74) is 2.45. The maximum absolute atomic E-state index is 13.4. The topological polar surface area (TPSA) is 107 Å². The zero-order chi connectivity index (χ0) is 25.4. The summed E-state index contributed by atoms with van der Waals surface area (Å²) in [6.45, 7) is 5.77. The number of Topliss-reactive ketones (excluding diaryl/α,β-unsaturated/α-hetero) is 1. The van der Waals surface area contributed by atoms with E-state index < -0.39 is 17.7 Å². The summed E-state index contributed by atoms with van der Waals surface area (Å²) in [5.74, 6) is -1.48. The lowest BCUT2D eigenvalue weighted by Gasteiger charge is -2.26. The van der Waals surface area contributed by atoms with Crippen molar-refractivity contribution in [1.82, 2.24) is 0 Å². The minimum atomic E-state index is -1.02. The largest absolute Gasteiger partial charge is 0.508 e. The van der Waals surface area contributed by atoms with Gasteiger partial charge < -0.3 is 20.1 Å². The Morgan fingerprint density at radius 2 is 1.66 bits per heavy atom. The van der Waals surface area contributed by atoms with Gasteiger partial charge in [-0.25, -0.2) is 0 Å². The second-order valence-corrected chi connectivity index (χ2v) is 8.81. The molecule has 1 aliphatic heterocycles. The average Bonchev–Trinajstić information content (AvgIpc) is 3.09. The van der Waals surface area contributed by atoms with E-state index in [1.54, 1.807) is 50.4 Å². The molecule has 1 fully saturated rings. The van der Waals surface area contributed by atoms with Crippen molar-refractivity contribution >= 4 is 23.1 Å². The molecule has 0 aliphatic carbocycles. The van der Waals surface area contributed by atoms with Gasteiger partial charge in [0.2, 0.25) is 0 Å². The van der Waals surface area contributed by atoms with Crippen LogP contribution < -0.4 is 9.64 Å². The molecule has 0 aromatic heterocycles. The summed E-state index contributed by atoms with van der Waals surface area (Å²) in [5, 5.41) is 31.8. The summed E-state index contributed by atoms with van der Waals surface area (Å²) in [7, 11) is 1.57. The monoisotopic (exact) mass is 473 g/mol. The third-order valence-electron chi connectivity index (χ3n) is 6.25. The Hall–Kier alpha value is -4.26. The molecule has 1 heterocycles. The number of nitrogens with zero attached hydrogens (tertiary/aromatic N) is 1. The predicted molar refractivity (Wildman–Crippen MR) is 133 cm³/mol. The first-order valence-corrected chi connectivity index (χ1v) is 11.2. The Morgan fingerprint density at radius 1 is 1.00 bits per heavy atom. The molecule has 180 valence electrons. The van der Waals surface area contributed by atoms with Crippen LogP contribution in [0, 0.1) is 6.92 Å². The van der Waals surface area contributed by atoms with Gasteiger partial charge in [-0.1, -0.05) is 38.1 Å². The van der Waals surface area contributed by atoms with E-state index in [2.05, 4.69) is 0 Å². The van der Waals surface area contributed by atoms with E-state index in [-0.39, 0.29) is 34.4 Å². The Bertz CT molecular complexity index is 1340. The van der Waals surface area contributed by atoms with Gasteiger partial charge in [-0.05, 0) is 65.9 Å². The Labute approximate surface area is 203 Å². The second-order valence-electron chi connectivity index (χ2n) is 8.81. The molecule has 1 amide bonds. The standard InChI is InChI=1S/C28H27NO6/c1-15(2)19-14-20(16(3)13-23(19)35-4)26(32)24-25(17-9-11-18(30)12-10-17)29(28(34)27(24)33)21-7-5-6-8-22(21)31/h5-15,25,30-32H,1-4H3/b26-24+. The highest BCUT2D eigenvalue weighted by Crippen LogP contribution is 2.45. The van der Waals surface area contributed by atoms with Crippen LogP contribution in [0.4, 0.5) is 5.69 Å². The number of para-hydroxylation sites is 2. The van der Waals surface area contributed by atoms with Crippen molar-refractivity contribution < 1.29 is 29.6 Å². The molecule has 1 aliphatic rings. The van der Waals surface area contributed by atoms with E-state index >= 15 is 0 Å². The third-order valence-corrected chi connectivity index (χ3v) is 6.25. The first-order chi connectivity index (χ1) is 16.6.